The molecule has 2 fully saturated rings. The summed E-state index contributed by atoms with van der Waals surface area (Å²) in [4.78, 5) is 35.5. The molecule has 2 aromatic heterocycles. The Bertz CT molecular complexity index is 829. The van der Waals surface area contributed by atoms with Gasteiger partial charge >= 0.3 is 6.03 Å². The molecule has 0 aliphatic carbocycles. The quantitative estimate of drug-likeness (QED) is 0.750. The minimum atomic E-state index is -1.04. The minimum Gasteiger partial charge on any atom is -0.319 e. The average molecular weight is 369 g/mol. The molecule has 2 N–H and O–H groups in total. The highest BCUT2D eigenvalue weighted by Crippen LogP contribution is 2.38. The van der Waals surface area contributed by atoms with Gasteiger partial charge in [0, 0.05) is 24.5 Å². The number of hydrogen-bond donors (Lipinski definition) is 2. The molecule has 0 spiro atoms. The van der Waals surface area contributed by atoms with Crippen molar-refractivity contribution < 1.29 is 9.59 Å². The maximum Gasteiger partial charge on any atom is 0.322 e. The molecule has 1 unspecified atom stereocenters. The number of amides is 3. The number of nitrogens with one attached hydrogen (secondary N) is 2. The molecule has 2 aliphatic heterocycles. The molecule has 2 aromatic rings. The molecule has 4 heterocycles. The van der Waals surface area contributed by atoms with Gasteiger partial charge in [0.2, 0.25) is 0 Å². The van der Waals surface area contributed by atoms with Crippen molar-refractivity contribution in [2.75, 3.05) is 13.1 Å². The molecule has 0 radical (unpaired) electrons. The van der Waals surface area contributed by atoms with Crippen LogP contribution in [0.15, 0.2) is 30.9 Å². The molecule has 2 saturated heterocycles. The Morgan fingerprint density at radius 1 is 1.30 bits per heavy atom. The summed E-state index contributed by atoms with van der Waals surface area (Å²) in [6.07, 6.45) is 6.51. The lowest BCUT2D eigenvalue weighted by molar-refractivity contribution is -0.127. The third-order valence-electron chi connectivity index (χ3n) is 5.57. The van der Waals surface area contributed by atoms with Crippen LogP contribution in [0.1, 0.15) is 31.2 Å². The highest BCUT2D eigenvalue weighted by molar-refractivity contribution is 6.07. The molecule has 0 saturated carbocycles. The monoisotopic (exact) mass is 369 g/mol. The summed E-state index contributed by atoms with van der Waals surface area (Å²) in [5.74, 6) is 0.669. The molecular formula is C18H23N7O2. The minimum absolute atomic E-state index is 0.00782. The smallest absolute Gasteiger partial charge is 0.319 e. The summed E-state index contributed by atoms with van der Waals surface area (Å²) >= 11 is 0. The van der Waals surface area contributed by atoms with E-state index in [1.165, 1.54) is 0 Å². The number of carbonyl (C=O) groups is 2. The lowest BCUT2D eigenvalue weighted by Gasteiger charge is -2.40. The molecule has 142 valence electrons. The third-order valence-corrected chi connectivity index (χ3v) is 5.57. The maximum atomic E-state index is 12.8. The van der Waals surface area contributed by atoms with E-state index < -0.39 is 11.6 Å². The number of nitrogens with zero attached hydrogens (tertiary/aromatic N) is 5. The summed E-state index contributed by atoms with van der Waals surface area (Å²) in [5, 5.41) is 9.53. The second kappa shape index (κ2) is 7.07. The van der Waals surface area contributed by atoms with Gasteiger partial charge < -0.3 is 5.32 Å². The van der Waals surface area contributed by atoms with Crippen LogP contribution in [-0.2, 0) is 23.4 Å². The van der Waals surface area contributed by atoms with E-state index in [9.17, 15) is 9.59 Å². The number of pyridine rings is 1. The van der Waals surface area contributed by atoms with Gasteiger partial charge in [0.25, 0.3) is 5.91 Å². The zero-order chi connectivity index (χ0) is 18.9. The van der Waals surface area contributed by atoms with E-state index in [1.807, 2.05) is 17.7 Å². The van der Waals surface area contributed by atoms with E-state index in [0.29, 0.717) is 0 Å². The Balaban J connectivity index is 1.51. The fourth-order valence-electron chi connectivity index (χ4n) is 4.19. The van der Waals surface area contributed by atoms with Gasteiger partial charge in [-0.25, -0.2) is 14.5 Å². The first-order valence-electron chi connectivity index (χ1n) is 9.26. The molecule has 9 nitrogen and oxygen atoms in total. The highest BCUT2D eigenvalue weighted by atomic mass is 16.2. The maximum absolute atomic E-state index is 12.8. The summed E-state index contributed by atoms with van der Waals surface area (Å²) in [7, 11) is 0. The molecule has 2 aliphatic rings. The molecule has 27 heavy (non-hydrogen) atoms. The van der Waals surface area contributed by atoms with Crippen LogP contribution in [-0.4, -0.2) is 49.7 Å². The van der Waals surface area contributed by atoms with Gasteiger partial charge in [0.15, 0.2) is 5.54 Å². The average Bonchev–Trinajstić information content (AvgIpc) is 3.26. The highest BCUT2D eigenvalue weighted by Gasteiger charge is 2.53. The van der Waals surface area contributed by atoms with Gasteiger partial charge in [-0.15, -0.1) is 0 Å². The lowest BCUT2D eigenvalue weighted by Crippen LogP contribution is -2.53. The SMILES string of the molecule is CCn1ncnc1CN1CCC(C2(c3cccnc3)NC(=O)NC2=O)CC1. The number of rotatable bonds is 5. The standard InChI is InChI=1S/C18H23N7O2/c1-2-25-15(20-12-21-25)11-24-8-5-13(6-9-24)18(14-4-3-7-19-10-14)16(26)22-17(27)23-18/h3-4,7,10,12-13H,2,5-6,8-9,11H2,1H3,(H2,22,23,26,27). The third kappa shape index (κ3) is 3.08. The van der Waals surface area contributed by atoms with Crippen LogP contribution in [0.2, 0.25) is 0 Å². The van der Waals surface area contributed by atoms with Gasteiger partial charge in [-0.05, 0) is 44.8 Å². The van der Waals surface area contributed by atoms with E-state index in [4.69, 9.17) is 0 Å². The van der Waals surface area contributed by atoms with Crippen molar-refractivity contribution in [1.82, 2.24) is 35.3 Å². The van der Waals surface area contributed by atoms with Crippen LogP contribution >= 0.6 is 0 Å². The summed E-state index contributed by atoms with van der Waals surface area (Å²) in [6, 6.07) is 3.21. The number of urea groups is 1. The Labute approximate surface area is 157 Å². The van der Waals surface area contributed by atoms with Crippen LogP contribution in [0.25, 0.3) is 0 Å². The fraction of sp³-hybridized carbons (Fsp3) is 0.500. The van der Waals surface area contributed by atoms with Crippen LogP contribution in [0.3, 0.4) is 0 Å². The fourth-order valence-corrected chi connectivity index (χ4v) is 4.19. The van der Waals surface area contributed by atoms with Crippen LogP contribution in [0.4, 0.5) is 4.79 Å². The first-order chi connectivity index (χ1) is 13.1. The predicted molar refractivity (Wildman–Crippen MR) is 96.3 cm³/mol. The van der Waals surface area contributed by atoms with Gasteiger partial charge in [-0.1, -0.05) is 6.07 Å². The van der Waals surface area contributed by atoms with Crippen molar-refractivity contribution in [3.63, 3.8) is 0 Å². The van der Waals surface area contributed by atoms with Crippen LogP contribution in [0, 0.1) is 5.92 Å². The second-order valence-corrected chi connectivity index (χ2v) is 7.00. The first-order valence-corrected chi connectivity index (χ1v) is 9.26. The largest absolute Gasteiger partial charge is 0.322 e. The first kappa shape index (κ1) is 17.6. The van der Waals surface area contributed by atoms with Gasteiger partial charge in [0.05, 0.1) is 6.54 Å². The van der Waals surface area contributed by atoms with Crippen LogP contribution in [0.5, 0.6) is 0 Å². The van der Waals surface area contributed by atoms with Crippen molar-refractivity contribution in [3.8, 4) is 0 Å². The second-order valence-electron chi connectivity index (χ2n) is 7.00. The zero-order valence-corrected chi connectivity index (χ0v) is 15.3. The number of carbonyl (C=O) groups excluding carboxylic acids is 2. The number of hydrogen-bond acceptors (Lipinski definition) is 6. The van der Waals surface area contributed by atoms with Crippen LogP contribution < -0.4 is 10.6 Å². The molecule has 4 rings (SSSR count). The van der Waals surface area contributed by atoms with E-state index in [-0.39, 0.29) is 11.8 Å². The van der Waals surface area contributed by atoms with Crippen molar-refractivity contribution >= 4 is 11.9 Å². The van der Waals surface area contributed by atoms with Crippen molar-refractivity contribution in [2.45, 2.75) is 38.4 Å². The number of aromatic nitrogens is 4. The number of aryl methyl sites for hydroxylation is 1. The molecule has 0 aromatic carbocycles. The predicted octanol–water partition coefficient (Wildman–Crippen LogP) is 0.640. The van der Waals surface area contributed by atoms with Gasteiger partial charge in [0.1, 0.15) is 12.2 Å². The summed E-state index contributed by atoms with van der Waals surface area (Å²) in [5.41, 5.74) is -0.307. The lowest BCUT2D eigenvalue weighted by atomic mass is 9.73. The van der Waals surface area contributed by atoms with Crippen molar-refractivity contribution in [1.29, 1.82) is 0 Å². The Kier molecular flexibility index (Phi) is 4.61. The summed E-state index contributed by atoms with van der Waals surface area (Å²) < 4.78 is 1.90. The Hall–Kier alpha value is -2.81. The topological polar surface area (TPSA) is 105 Å². The Morgan fingerprint density at radius 3 is 2.74 bits per heavy atom. The van der Waals surface area contributed by atoms with E-state index in [2.05, 4.69) is 30.6 Å². The van der Waals surface area contributed by atoms with Gasteiger partial charge in [-0.2, -0.15) is 5.10 Å². The Morgan fingerprint density at radius 2 is 2.11 bits per heavy atom. The van der Waals surface area contributed by atoms with Crippen molar-refractivity contribution in [3.05, 3.63) is 42.2 Å². The number of imide groups is 1. The van der Waals surface area contributed by atoms with E-state index >= 15 is 0 Å². The van der Waals surface area contributed by atoms with E-state index in [1.54, 1.807) is 24.8 Å². The molecule has 1 atom stereocenters. The molecule has 3 amide bonds. The summed E-state index contributed by atoms with van der Waals surface area (Å²) in [6.45, 7) is 5.23. The molecular weight excluding hydrogens is 346 g/mol. The normalized spacial score (nSPS) is 24.0. The van der Waals surface area contributed by atoms with Crippen molar-refractivity contribution in [2.24, 2.45) is 5.92 Å². The molecule has 9 heteroatoms. The number of likely N-dealkylation sites (tertiary alicyclic amines) is 1. The van der Waals surface area contributed by atoms with E-state index in [0.717, 1.165) is 50.4 Å². The number of piperidine rings is 1. The van der Waals surface area contributed by atoms with Gasteiger partial charge in [-0.3, -0.25) is 20.0 Å². The zero-order valence-electron chi connectivity index (χ0n) is 15.3. The molecule has 0 bridgehead atoms.